The quantitative estimate of drug-likeness (QED) is 0.0199. The monoisotopic (exact) mass is 1390 g/mol. The Labute approximate surface area is 589 Å². The average molecular weight is 1390 g/mol. The van der Waals surface area contributed by atoms with Crippen molar-refractivity contribution in [2.24, 2.45) is 0 Å². The second kappa shape index (κ2) is 58.9. The van der Waals surface area contributed by atoms with Crippen LogP contribution in [0.15, 0.2) is 109 Å². The Kier molecular flexibility index (Phi) is 53.3. The molecule has 0 aliphatic carbocycles. The van der Waals surface area contributed by atoms with Crippen LogP contribution < -0.4 is 5.32 Å². The highest BCUT2D eigenvalue weighted by Gasteiger charge is 2.53. The fourth-order valence-electron chi connectivity index (χ4n) is 12.2. The zero-order valence-corrected chi connectivity index (χ0v) is 60.0. The van der Waals surface area contributed by atoms with Crippen molar-refractivity contribution >= 4 is 5.91 Å². The van der Waals surface area contributed by atoms with Gasteiger partial charge in [0.25, 0.3) is 0 Å². The van der Waals surface area contributed by atoms with Crippen LogP contribution in [-0.4, -0.2) is 193 Å². The zero-order valence-electron chi connectivity index (χ0n) is 60.0. The summed E-state index contributed by atoms with van der Waals surface area (Å²) in [5, 5.41) is 121. The van der Waals surface area contributed by atoms with Crippen molar-refractivity contribution in [2.45, 2.75) is 356 Å². The number of nitrogens with one attached hydrogen (secondary N) is 1. The second-order valence-electron chi connectivity index (χ2n) is 26.7. The third-order valence-corrected chi connectivity index (χ3v) is 18.4. The van der Waals surface area contributed by atoms with Gasteiger partial charge in [-0.15, -0.1) is 0 Å². The van der Waals surface area contributed by atoms with Gasteiger partial charge in [-0.3, -0.25) is 4.79 Å². The summed E-state index contributed by atoms with van der Waals surface area (Å²) in [5.74, 6) is -0.248. The lowest BCUT2D eigenvalue weighted by Crippen LogP contribution is -2.66. The molecule has 1 amide bonds. The molecule has 0 bridgehead atoms. The van der Waals surface area contributed by atoms with Gasteiger partial charge in [0.2, 0.25) is 5.91 Å². The van der Waals surface area contributed by atoms with E-state index in [-0.39, 0.29) is 18.9 Å². The number of amides is 1. The van der Waals surface area contributed by atoms with Crippen LogP contribution in [0.4, 0.5) is 0 Å². The first kappa shape index (κ1) is 88.7. The normalized spacial score (nSPS) is 27.4. The molecule has 3 saturated heterocycles. The highest BCUT2D eigenvalue weighted by molar-refractivity contribution is 5.76. The van der Waals surface area contributed by atoms with E-state index in [9.17, 15) is 61.0 Å². The standard InChI is InChI=1S/C79H135NO18/c1-3-5-7-9-11-13-15-17-18-19-20-21-22-23-24-25-26-27-28-29-30-31-32-33-34-35-36-37-38-39-40-41-42-43-44-45-47-49-51-53-55-57-67(85)80-62(63(84)56-54-52-50-48-46-16-14-12-10-8-6-4-2)61-93-77-73(91)70(88)75(65(59-82)95-77)98-79-74(92)71(89)76(66(60-83)96-79)97-78-72(90)69(87)68(86)64(58-81)94-78/h5,7,11,13,17-18,20-21,23-24,26-27,29-30,32-33,35-36,62-66,68-79,81-84,86-92H,3-4,6,8-10,12,14-16,19,22,25,28,31,34,37-61H2,1-2H3,(H,80,85)/b7-5-,13-11-,18-17-,21-20-,24-23-,27-26-,30-29-,33-32-,36-35-. The smallest absolute Gasteiger partial charge is 0.220 e. The van der Waals surface area contributed by atoms with Gasteiger partial charge in [-0.1, -0.05) is 271 Å². The third kappa shape index (κ3) is 39.2. The molecule has 3 aliphatic heterocycles. The number of allylic oxidation sites excluding steroid dienone is 18. The Bertz CT molecular complexity index is 2200. The van der Waals surface area contributed by atoms with Gasteiger partial charge >= 0.3 is 0 Å². The molecule has 3 heterocycles. The van der Waals surface area contributed by atoms with Gasteiger partial charge in [-0.2, -0.15) is 0 Å². The Hall–Kier alpha value is -3.55. The predicted octanol–water partition coefficient (Wildman–Crippen LogP) is 11.8. The molecule has 0 spiro atoms. The first-order valence-corrected chi connectivity index (χ1v) is 38.1. The van der Waals surface area contributed by atoms with Gasteiger partial charge in [0.05, 0.1) is 38.6 Å². The summed E-state index contributed by atoms with van der Waals surface area (Å²) in [6.07, 6.45) is 53.3. The van der Waals surface area contributed by atoms with E-state index in [0.717, 1.165) is 109 Å². The Balaban J connectivity index is 1.29. The van der Waals surface area contributed by atoms with Crippen LogP contribution in [0.5, 0.6) is 0 Å². The van der Waals surface area contributed by atoms with Crippen LogP contribution in [0.25, 0.3) is 0 Å². The molecule has 3 fully saturated rings. The number of ether oxygens (including phenoxy) is 6. The molecule has 17 unspecified atom stereocenters. The maximum Gasteiger partial charge on any atom is 0.220 e. The molecule has 19 heteroatoms. The number of hydrogen-bond acceptors (Lipinski definition) is 18. The number of rotatable bonds is 58. The Morgan fingerprint density at radius 3 is 1.10 bits per heavy atom. The fourth-order valence-corrected chi connectivity index (χ4v) is 12.2. The minimum absolute atomic E-state index is 0.248. The van der Waals surface area contributed by atoms with E-state index in [1.54, 1.807) is 0 Å². The topological polar surface area (TPSA) is 307 Å². The van der Waals surface area contributed by atoms with Crippen LogP contribution in [0.2, 0.25) is 0 Å². The minimum atomic E-state index is -1.98. The van der Waals surface area contributed by atoms with Crippen LogP contribution in [0, 0.1) is 0 Å². The van der Waals surface area contributed by atoms with Gasteiger partial charge in [0, 0.05) is 6.42 Å². The molecule has 3 rings (SSSR count). The van der Waals surface area contributed by atoms with E-state index in [2.05, 4.69) is 129 Å². The summed E-state index contributed by atoms with van der Waals surface area (Å²) < 4.78 is 34.4. The lowest BCUT2D eigenvalue weighted by atomic mass is 9.96. The molecule has 0 saturated carbocycles. The van der Waals surface area contributed by atoms with Gasteiger partial charge in [-0.05, 0) is 83.5 Å². The van der Waals surface area contributed by atoms with Crippen LogP contribution in [-0.2, 0) is 33.2 Å². The van der Waals surface area contributed by atoms with Gasteiger partial charge in [0.1, 0.15) is 73.2 Å². The molecule has 0 radical (unpaired) electrons. The molecule has 3 aliphatic rings. The molecule has 0 aromatic carbocycles. The Morgan fingerprint density at radius 2 is 0.704 bits per heavy atom. The molecule has 0 aromatic rings. The zero-order chi connectivity index (χ0) is 71.1. The summed E-state index contributed by atoms with van der Waals surface area (Å²) in [6, 6.07) is -0.893. The Morgan fingerprint density at radius 1 is 0.378 bits per heavy atom. The lowest BCUT2D eigenvalue weighted by molar-refractivity contribution is -0.379. The summed E-state index contributed by atoms with van der Waals surface area (Å²) in [7, 11) is 0. The van der Waals surface area contributed by atoms with Gasteiger partial charge < -0.3 is 89.9 Å². The predicted molar refractivity (Wildman–Crippen MR) is 387 cm³/mol. The first-order valence-electron chi connectivity index (χ1n) is 38.1. The highest BCUT2D eigenvalue weighted by atomic mass is 16.8. The van der Waals surface area contributed by atoms with Crippen molar-refractivity contribution in [1.82, 2.24) is 5.32 Å². The van der Waals surface area contributed by atoms with E-state index >= 15 is 0 Å². The van der Waals surface area contributed by atoms with Gasteiger partial charge in [0.15, 0.2) is 18.9 Å². The molecule has 12 N–H and O–H groups in total. The summed E-state index contributed by atoms with van der Waals surface area (Å²) in [4.78, 5) is 13.4. The number of carbonyl (C=O) groups excluding carboxylic acids is 1. The summed E-state index contributed by atoms with van der Waals surface area (Å²) in [6.45, 7) is 1.67. The van der Waals surface area contributed by atoms with Crippen molar-refractivity contribution in [3.63, 3.8) is 0 Å². The minimum Gasteiger partial charge on any atom is -0.394 e. The van der Waals surface area contributed by atoms with E-state index < -0.39 is 124 Å². The molecule has 0 aromatic heterocycles. The third-order valence-electron chi connectivity index (χ3n) is 18.4. The molecule has 564 valence electrons. The lowest BCUT2D eigenvalue weighted by Gasteiger charge is -2.48. The van der Waals surface area contributed by atoms with Crippen molar-refractivity contribution in [1.29, 1.82) is 0 Å². The number of aliphatic hydroxyl groups excluding tert-OH is 11. The number of carbonyl (C=O) groups is 1. The largest absolute Gasteiger partial charge is 0.394 e. The maximum absolute atomic E-state index is 13.4. The van der Waals surface area contributed by atoms with Gasteiger partial charge in [-0.25, -0.2) is 0 Å². The van der Waals surface area contributed by atoms with Crippen molar-refractivity contribution in [2.75, 3.05) is 26.4 Å². The van der Waals surface area contributed by atoms with E-state index in [4.69, 9.17) is 28.4 Å². The first-order chi connectivity index (χ1) is 47.8. The van der Waals surface area contributed by atoms with Crippen molar-refractivity contribution in [3.8, 4) is 0 Å². The van der Waals surface area contributed by atoms with Crippen molar-refractivity contribution < 1.29 is 89.4 Å². The summed E-state index contributed by atoms with van der Waals surface area (Å²) >= 11 is 0. The van der Waals surface area contributed by atoms with E-state index in [0.29, 0.717) is 12.8 Å². The maximum atomic E-state index is 13.4. The molecular formula is C79H135NO18. The van der Waals surface area contributed by atoms with Crippen LogP contribution >= 0.6 is 0 Å². The molecule has 17 atom stereocenters. The second-order valence-corrected chi connectivity index (χ2v) is 26.7. The molecule has 19 nitrogen and oxygen atoms in total. The number of unbranched alkanes of at least 4 members (excludes halogenated alkanes) is 24. The SMILES string of the molecule is CC/C=C\C/C=C\C/C=C\C/C=C\C/C=C\C/C=C\C/C=C\C/C=C\C/C=C\CCCCCCCCCCCCCCCC(=O)NC(COC1OC(CO)C(OC2OC(CO)C(OC3OC(CO)C(O)C(O)C3O)C(O)C2O)C(O)C1O)C(O)CCCCCCCCCCCCCC. The van der Waals surface area contributed by atoms with Crippen molar-refractivity contribution in [3.05, 3.63) is 109 Å². The number of aliphatic hydroxyl groups is 11. The summed E-state index contributed by atoms with van der Waals surface area (Å²) in [5.41, 5.74) is 0. The number of hydrogen-bond donors (Lipinski definition) is 12. The highest BCUT2D eigenvalue weighted by Crippen LogP contribution is 2.33. The van der Waals surface area contributed by atoms with E-state index in [1.807, 2.05) is 0 Å². The van der Waals surface area contributed by atoms with Crippen LogP contribution in [0.1, 0.15) is 251 Å². The average Bonchev–Trinajstić information content (AvgIpc) is 0.785. The molecular weight excluding hydrogens is 1250 g/mol. The van der Waals surface area contributed by atoms with Crippen LogP contribution in [0.3, 0.4) is 0 Å². The fraction of sp³-hybridized carbons (Fsp3) is 0.759. The van der Waals surface area contributed by atoms with E-state index in [1.165, 1.54) is 109 Å². The molecule has 98 heavy (non-hydrogen) atoms.